The third-order valence-corrected chi connectivity index (χ3v) is 2.58. The fraction of sp³-hybridized carbons (Fsp3) is 0. The van der Waals surface area contributed by atoms with E-state index < -0.39 is 10.8 Å². The molecule has 0 aliphatic rings. The predicted octanol–water partition coefficient (Wildman–Crippen LogP) is 3.17. The average molecular weight is 296 g/mol. The van der Waals surface area contributed by atoms with Crippen LogP contribution in [0.5, 0.6) is 0 Å². The minimum atomic E-state index is -0.566. The van der Waals surface area contributed by atoms with Gasteiger partial charge in [-0.15, -0.1) is 0 Å². The highest BCUT2D eigenvalue weighted by atomic mass is 35.5. The van der Waals surface area contributed by atoms with Crippen LogP contribution >= 0.6 is 34.8 Å². The molecule has 1 aromatic rings. The van der Waals surface area contributed by atoms with Gasteiger partial charge >= 0.3 is 0 Å². The Kier molecular flexibility index (Phi) is 4.74. The summed E-state index contributed by atoms with van der Waals surface area (Å²) in [4.78, 5) is 21.3. The van der Waals surface area contributed by atoms with Crippen LogP contribution < -0.4 is 5.32 Å². The third-order valence-electron chi connectivity index (χ3n) is 1.73. The highest BCUT2D eigenvalue weighted by Crippen LogP contribution is 2.16. The summed E-state index contributed by atoms with van der Waals surface area (Å²) in [7, 11) is 0. The van der Waals surface area contributed by atoms with Crippen molar-refractivity contribution >= 4 is 46.4 Å². The summed E-state index contributed by atoms with van der Waals surface area (Å²) in [6.45, 7) is 0. The second-order valence-electron chi connectivity index (χ2n) is 2.83. The summed E-state index contributed by atoms with van der Waals surface area (Å²) >= 11 is 16.2. The zero-order valence-electron chi connectivity index (χ0n) is 8.12. The Hall–Kier alpha value is -1.30. The quantitative estimate of drug-likeness (QED) is 0.529. The second-order valence-corrected chi connectivity index (χ2v) is 4.16. The zero-order chi connectivity index (χ0) is 13.0. The molecule has 0 heterocycles. The van der Waals surface area contributed by atoms with Gasteiger partial charge in [0.1, 0.15) is 9.65 Å². The first-order chi connectivity index (χ1) is 7.91. The molecule has 1 aromatic carbocycles. The lowest BCUT2D eigenvalue weighted by atomic mass is 10.2. The largest absolute Gasteiger partial charge is 0.310 e. The number of hydrogen-bond donors (Lipinski definition) is 1. The van der Waals surface area contributed by atoms with Gasteiger partial charge in [-0.2, -0.15) is 0 Å². The van der Waals surface area contributed by atoms with Crippen molar-refractivity contribution in [3.63, 3.8) is 0 Å². The van der Waals surface area contributed by atoms with Crippen molar-refractivity contribution in [3.8, 4) is 0 Å². The molecule has 0 aromatic heterocycles. The van der Waals surface area contributed by atoms with Gasteiger partial charge in [-0.25, -0.2) is 0 Å². The molecule has 0 unspecified atom stereocenters. The van der Waals surface area contributed by atoms with Gasteiger partial charge in [-0.1, -0.05) is 34.8 Å². The Morgan fingerprint density at radius 2 is 1.71 bits per heavy atom. The Balaban J connectivity index is 2.84. The third kappa shape index (κ3) is 3.89. The molecule has 90 valence electrons. The molecule has 0 spiro atoms. The van der Waals surface area contributed by atoms with E-state index >= 15 is 0 Å². The van der Waals surface area contributed by atoms with Crippen LogP contribution in [0.4, 0.5) is 5.69 Å². The van der Waals surface area contributed by atoms with Gasteiger partial charge in [-0.3, -0.25) is 14.9 Å². The molecule has 0 bridgehead atoms. The summed E-state index contributed by atoms with van der Waals surface area (Å²) in [5.41, 5.74) is 0.0851. The minimum Gasteiger partial charge on any atom is -0.310 e. The van der Waals surface area contributed by atoms with E-state index in [2.05, 4.69) is 5.32 Å². The molecule has 0 radical (unpaired) electrons. The number of carbonyl (C=O) groups excluding carboxylic acids is 1. The summed E-state index contributed by atoms with van der Waals surface area (Å²) in [5, 5.41) is 12.4. The van der Waals surface area contributed by atoms with Gasteiger partial charge < -0.3 is 5.32 Å². The number of carbonyl (C=O) groups is 1. The van der Waals surface area contributed by atoms with E-state index in [1.54, 1.807) is 0 Å². The molecule has 0 atom stereocenters. The zero-order valence-corrected chi connectivity index (χ0v) is 10.4. The van der Waals surface area contributed by atoms with E-state index in [0.29, 0.717) is 0 Å². The molecule has 0 saturated carbocycles. The van der Waals surface area contributed by atoms with E-state index in [0.717, 1.165) is 0 Å². The molecule has 0 aliphatic carbocycles. The monoisotopic (exact) mass is 294 g/mol. The Morgan fingerprint density at radius 3 is 2.12 bits per heavy atom. The van der Waals surface area contributed by atoms with Crippen molar-refractivity contribution in [1.29, 1.82) is 0 Å². The fourth-order valence-corrected chi connectivity index (χ4v) is 1.13. The number of nitro benzene ring substituents is 1. The molecule has 5 nitrogen and oxygen atoms in total. The van der Waals surface area contributed by atoms with E-state index in [1.807, 2.05) is 0 Å². The average Bonchev–Trinajstić information content (AvgIpc) is 2.28. The SMILES string of the molecule is O=C(NC(Cl)=C(Cl)Cl)c1ccc([N+](=O)[O-])cc1. The van der Waals surface area contributed by atoms with Gasteiger partial charge in [0.2, 0.25) is 0 Å². The van der Waals surface area contributed by atoms with E-state index in [1.165, 1.54) is 24.3 Å². The number of hydrogen-bond acceptors (Lipinski definition) is 3. The van der Waals surface area contributed by atoms with Crippen LogP contribution in [0.3, 0.4) is 0 Å². The summed E-state index contributed by atoms with van der Waals surface area (Å²) < 4.78 is -0.276. The standard InChI is InChI=1S/C9H5Cl3N2O3/c10-7(11)8(12)13-9(15)5-1-3-6(4-2-5)14(16)17/h1-4H,(H,13,15). The molecular formula is C9H5Cl3N2O3. The Morgan fingerprint density at radius 1 is 1.18 bits per heavy atom. The Bertz CT molecular complexity index is 481. The topological polar surface area (TPSA) is 72.2 Å². The number of nitro groups is 1. The van der Waals surface area contributed by atoms with Crippen LogP contribution in [0.1, 0.15) is 10.4 Å². The maximum absolute atomic E-state index is 11.5. The summed E-state index contributed by atoms with van der Waals surface area (Å²) in [6.07, 6.45) is 0. The fourth-order valence-electron chi connectivity index (χ4n) is 0.954. The van der Waals surface area contributed by atoms with E-state index in [4.69, 9.17) is 34.8 Å². The van der Waals surface area contributed by atoms with Crippen molar-refractivity contribution in [1.82, 2.24) is 5.32 Å². The number of nitrogens with one attached hydrogen (secondary N) is 1. The van der Waals surface area contributed by atoms with Crippen LogP contribution in [0.2, 0.25) is 0 Å². The molecule has 1 N–H and O–H groups in total. The highest BCUT2D eigenvalue weighted by molar-refractivity contribution is 6.59. The number of nitrogens with zero attached hydrogens (tertiary/aromatic N) is 1. The molecule has 17 heavy (non-hydrogen) atoms. The van der Waals surface area contributed by atoms with Crippen LogP contribution in [-0.2, 0) is 0 Å². The smallest absolute Gasteiger partial charge is 0.269 e. The van der Waals surface area contributed by atoms with Gasteiger partial charge in [-0.05, 0) is 12.1 Å². The first-order valence-corrected chi connectivity index (χ1v) is 5.32. The molecule has 1 rings (SSSR count). The van der Waals surface area contributed by atoms with Gasteiger partial charge in [0.15, 0.2) is 0 Å². The van der Waals surface area contributed by atoms with E-state index in [-0.39, 0.29) is 20.9 Å². The summed E-state index contributed by atoms with van der Waals surface area (Å²) in [6, 6.07) is 4.99. The number of amides is 1. The normalized spacial score (nSPS) is 9.59. The number of non-ortho nitro benzene ring substituents is 1. The van der Waals surface area contributed by atoms with Gasteiger partial charge in [0.25, 0.3) is 11.6 Å². The summed E-state index contributed by atoms with van der Waals surface area (Å²) in [5.74, 6) is -0.566. The maximum Gasteiger partial charge on any atom is 0.269 e. The first-order valence-electron chi connectivity index (χ1n) is 4.18. The highest BCUT2D eigenvalue weighted by Gasteiger charge is 2.11. The molecule has 0 saturated heterocycles. The Labute approximate surface area is 111 Å². The number of halogens is 3. The lowest BCUT2D eigenvalue weighted by Crippen LogP contribution is -2.20. The van der Waals surface area contributed by atoms with Gasteiger partial charge in [0.05, 0.1) is 4.92 Å². The second kappa shape index (κ2) is 5.86. The van der Waals surface area contributed by atoms with Crippen LogP contribution in [0.25, 0.3) is 0 Å². The minimum absolute atomic E-state index is 0.112. The van der Waals surface area contributed by atoms with Crippen LogP contribution in [0.15, 0.2) is 33.9 Å². The van der Waals surface area contributed by atoms with Crippen LogP contribution in [-0.4, -0.2) is 10.8 Å². The molecular weight excluding hydrogens is 290 g/mol. The lowest BCUT2D eigenvalue weighted by Gasteiger charge is -2.03. The van der Waals surface area contributed by atoms with Gasteiger partial charge in [0, 0.05) is 17.7 Å². The number of benzene rings is 1. The predicted molar refractivity (Wildman–Crippen MR) is 65.1 cm³/mol. The molecule has 8 heteroatoms. The number of rotatable bonds is 3. The molecule has 0 fully saturated rings. The molecule has 0 aliphatic heterocycles. The van der Waals surface area contributed by atoms with Crippen molar-refractivity contribution in [2.24, 2.45) is 0 Å². The van der Waals surface area contributed by atoms with Crippen molar-refractivity contribution < 1.29 is 9.72 Å². The maximum atomic E-state index is 11.5. The van der Waals surface area contributed by atoms with Crippen molar-refractivity contribution in [2.45, 2.75) is 0 Å². The van der Waals surface area contributed by atoms with Crippen LogP contribution in [0, 0.1) is 10.1 Å². The first kappa shape index (κ1) is 13.8. The van der Waals surface area contributed by atoms with Crippen molar-refractivity contribution in [3.05, 3.63) is 49.6 Å². The lowest BCUT2D eigenvalue weighted by molar-refractivity contribution is -0.384. The van der Waals surface area contributed by atoms with E-state index in [9.17, 15) is 14.9 Å². The van der Waals surface area contributed by atoms with Crippen molar-refractivity contribution in [2.75, 3.05) is 0 Å². The molecule has 1 amide bonds.